The molecule has 192 valence electrons. The van der Waals surface area contributed by atoms with Gasteiger partial charge in [0.1, 0.15) is 0 Å². The van der Waals surface area contributed by atoms with Crippen molar-refractivity contribution in [3.63, 3.8) is 0 Å². The zero-order valence-electron chi connectivity index (χ0n) is 19.2. The van der Waals surface area contributed by atoms with Crippen LogP contribution in [-0.2, 0) is 10.1 Å². The van der Waals surface area contributed by atoms with E-state index in [0.29, 0.717) is 0 Å². The van der Waals surface area contributed by atoms with Gasteiger partial charge < -0.3 is 4.55 Å². The van der Waals surface area contributed by atoms with Crippen LogP contribution in [0.15, 0.2) is 125 Å². The van der Waals surface area contributed by atoms with E-state index >= 15 is 0 Å². The molecule has 37 heavy (non-hydrogen) atoms. The summed E-state index contributed by atoms with van der Waals surface area (Å²) >= 11 is 0.366. The van der Waals surface area contributed by atoms with Gasteiger partial charge in [-0.1, -0.05) is 0 Å². The summed E-state index contributed by atoms with van der Waals surface area (Å²) in [6, 6.07) is 40.4. The Morgan fingerprint density at radius 1 is 0.757 bits per heavy atom. The first-order valence-corrected chi connectivity index (χ1v) is 15.6. The maximum absolute atomic E-state index is 10.7. The van der Waals surface area contributed by atoms with Gasteiger partial charge in [-0.3, -0.25) is 0 Å². The molecule has 2 N–H and O–H groups in total. The Morgan fingerprint density at radius 2 is 1.16 bits per heavy atom. The van der Waals surface area contributed by atoms with E-state index in [2.05, 4.69) is 102 Å². The fourth-order valence-electron chi connectivity index (χ4n) is 2.96. The van der Waals surface area contributed by atoms with Crippen LogP contribution < -0.4 is 14.7 Å². The zero-order valence-corrected chi connectivity index (χ0v) is 22.6. The van der Waals surface area contributed by atoms with E-state index in [0.717, 1.165) is 10.6 Å². The van der Waals surface area contributed by atoms with Crippen molar-refractivity contribution < 1.29 is 26.1 Å². The zero-order chi connectivity index (χ0) is 26.9. The second-order valence-corrected chi connectivity index (χ2v) is 13.7. The van der Waals surface area contributed by atoms with Gasteiger partial charge in [-0.05, 0) is 0 Å². The molecule has 0 aliphatic heterocycles. The van der Waals surface area contributed by atoms with Gasteiger partial charge in [0.05, 0.1) is 0 Å². The minimum Gasteiger partial charge on any atom is -0.741 e. The molecule has 0 unspecified atom stereocenters. The molecule has 0 atom stereocenters. The Morgan fingerprint density at radius 3 is 1.59 bits per heavy atom. The van der Waals surface area contributed by atoms with Crippen LogP contribution in [0.25, 0.3) is 4.91 Å². The van der Waals surface area contributed by atoms with E-state index in [1.54, 1.807) is 11.8 Å². The average Bonchev–Trinajstić information content (AvgIpc) is 2.88. The minimum atomic E-state index is -6.09. The first kappa shape index (κ1) is 28.6. The smallest absolute Gasteiger partial charge is 0.485 e. The molecule has 0 bridgehead atoms. The van der Waals surface area contributed by atoms with Gasteiger partial charge in [-0.15, -0.1) is 0 Å². The SMILES string of the molecule is Nc1ccccc1S/C(=C\[Se+](c1ccccc1)c1ccccc1)c1ccccc1.O=S(=O)([O-])C(F)(F)F. The van der Waals surface area contributed by atoms with Crippen molar-refractivity contribution in [3.05, 3.63) is 126 Å². The summed E-state index contributed by atoms with van der Waals surface area (Å²) in [5.74, 6) is 0. The summed E-state index contributed by atoms with van der Waals surface area (Å²) in [6.07, 6.45) is 0. The first-order chi connectivity index (χ1) is 17.6. The molecule has 0 radical (unpaired) electrons. The number of hydrogen-bond acceptors (Lipinski definition) is 5. The average molecular weight is 609 g/mol. The van der Waals surface area contributed by atoms with Crippen LogP contribution >= 0.6 is 11.8 Å². The van der Waals surface area contributed by atoms with Gasteiger partial charge >= 0.3 is 187 Å². The second-order valence-electron chi connectivity index (χ2n) is 7.35. The van der Waals surface area contributed by atoms with Crippen molar-refractivity contribution in [1.82, 2.24) is 0 Å². The summed E-state index contributed by atoms with van der Waals surface area (Å²) in [5.41, 5.74) is 2.65. The predicted octanol–water partition coefficient (Wildman–Crippen LogP) is 5.30. The number of alkyl halides is 3. The maximum atomic E-state index is 10.7. The monoisotopic (exact) mass is 609 g/mol. The Bertz CT molecular complexity index is 1380. The van der Waals surface area contributed by atoms with E-state index in [1.807, 2.05) is 18.2 Å². The fourth-order valence-corrected chi connectivity index (χ4v) is 8.40. The van der Waals surface area contributed by atoms with Crippen LogP contribution in [0.3, 0.4) is 0 Å². The van der Waals surface area contributed by atoms with Crippen LogP contribution in [0.1, 0.15) is 5.56 Å². The number of anilines is 1. The maximum Gasteiger partial charge on any atom is 0.485 e. The molecular weight excluding hydrogens is 586 g/mol. The molecule has 10 heteroatoms. The van der Waals surface area contributed by atoms with Crippen LogP contribution in [-0.4, -0.2) is 32.4 Å². The van der Waals surface area contributed by atoms with E-state index in [-0.39, 0.29) is 0 Å². The van der Waals surface area contributed by atoms with Crippen molar-refractivity contribution in [3.8, 4) is 0 Å². The molecule has 0 aliphatic carbocycles. The predicted molar refractivity (Wildman–Crippen MR) is 145 cm³/mol. The second kappa shape index (κ2) is 13.0. The molecule has 0 aliphatic rings. The molecular formula is C27H22F3NO3S2Se. The third-order valence-electron chi connectivity index (χ3n) is 4.70. The molecule has 0 fully saturated rings. The number of rotatable bonds is 6. The third-order valence-corrected chi connectivity index (χ3v) is 11.0. The van der Waals surface area contributed by atoms with Gasteiger partial charge in [-0.2, -0.15) is 13.2 Å². The Hall–Kier alpha value is -3.01. The number of para-hydroxylation sites is 1. The number of thioether (sulfide) groups is 1. The van der Waals surface area contributed by atoms with Crippen LogP contribution in [0.2, 0.25) is 0 Å². The van der Waals surface area contributed by atoms with Gasteiger partial charge in [0.2, 0.25) is 0 Å². The van der Waals surface area contributed by atoms with Crippen LogP contribution in [0.5, 0.6) is 0 Å². The molecule has 4 nitrogen and oxygen atoms in total. The third kappa shape index (κ3) is 8.52. The minimum absolute atomic E-state index is 0.815. The van der Waals surface area contributed by atoms with Crippen LogP contribution in [0.4, 0.5) is 18.9 Å². The molecule has 4 aromatic rings. The van der Waals surface area contributed by atoms with Crippen molar-refractivity contribution in [2.45, 2.75) is 10.4 Å². The van der Waals surface area contributed by atoms with Gasteiger partial charge in [0, 0.05) is 0 Å². The van der Waals surface area contributed by atoms with Crippen molar-refractivity contribution in [2.75, 3.05) is 5.73 Å². The summed E-state index contributed by atoms with van der Waals surface area (Å²) < 4.78 is 61.7. The largest absolute Gasteiger partial charge is 0.741 e. The molecule has 0 heterocycles. The number of hydrogen-bond donors (Lipinski definition) is 1. The molecule has 0 saturated heterocycles. The molecule has 4 rings (SSSR count). The van der Waals surface area contributed by atoms with E-state index in [9.17, 15) is 13.2 Å². The Labute approximate surface area is 222 Å². The van der Waals surface area contributed by atoms with E-state index in [4.69, 9.17) is 18.7 Å². The van der Waals surface area contributed by atoms with E-state index in [1.165, 1.54) is 19.4 Å². The van der Waals surface area contributed by atoms with Gasteiger partial charge in [0.25, 0.3) is 0 Å². The molecule has 0 spiro atoms. The summed E-state index contributed by atoms with van der Waals surface area (Å²) in [7, 11) is -6.09. The summed E-state index contributed by atoms with van der Waals surface area (Å²) in [4.78, 5) is 4.83. The van der Waals surface area contributed by atoms with Gasteiger partial charge in [0.15, 0.2) is 10.1 Å². The van der Waals surface area contributed by atoms with Crippen LogP contribution in [0, 0.1) is 0 Å². The summed E-state index contributed by atoms with van der Waals surface area (Å²) in [6.45, 7) is 0. The Kier molecular flexibility index (Phi) is 10.0. The normalized spacial score (nSPS) is 12.1. The topological polar surface area (TPSA) is 83.2 Å². The number of halogens is 3. The first-order valence-electron chi connectivity index (χ1n) is 10.7. The standard InChI is InChI=1S/C26H22NSSe.CHF3O3S/c27-24-18-10-11-19-25(24)28-26(21-12-4-1-5-13-21)20-29(22-14-6-2-7-15-22)23-16-8-3-9-17-23;2-1(3,4)8(5,6)7/h1-20H,27H2;(H,5,6,7)/q+1;/p-1/b26-20-;. The van der Waals surface area contributed by atoms with Crippen molar-refractivity contribution >= 4 is 55.3 Å². The molecule has 0 amide bonds. The number of nitrogens with two attached hydrogens (primary N) is 1. The van der Waals surface area contributed by atoms with Gasteiger partial charge in [-0.25, -0.2) is 8.42 Å². The fraction of sp³-hybridized carbons (Fsp3) is 0.0370. The molecule has 4 aromatic carbocycles. The quantitative estimate of drug-likeness (QED) is 0.106. The Balaban J connectivity index is 0.000000414. The van der Waals surface area contributed by atoms with Crippen molar-refractivity contribution in [1.29, 1.82) is 0 Å². The summed E-state index contributed by atoms with van der Waals surface area (Å²) in [5, 5.41) is 0. The molecule has 0 aromatic heterocycles. The van der Waals surface area contributed by atoms with E-state index < -0.39 is 29.5 Å². The van der Waals surface area contributed by atoms with Crippen molar-refractivity contribution in [2.24, 2.45) is 0 Å². The number of benzene rings is 4. The number of nitrogen functional groups attached to an aromatic ring is 1. The molecule has 0 saturated carbocycles.